The molecular formula is C19H23N3. The monoisotopic (exact) mass is 293 g/mol. The number of nitrogens with one attached hydrogen (secondary N) is 1. The van der Waals surface area contributed by atoms with Crippen molar-refractivity contribution in [3.8, 4) is 11.3 Å². The number of nitrogens with zero attached hydrogens (tertiary/aromatic N) is 2. The van der Waals surface area contributed by atoms with Crippen LogP contribution in [0.15, 0.2) is 24.3 Å². The molecule has 4 rings (SSSR count). The molecule has 1 saturated carbocycles. The van der Waals surface area contributed by atoms with Crippen LogP contribution in [-0.2, 0) is 13.0 Å². The van der Waals surface area contributed by atoms with Gasteiger partial charge in [-0.25, -0.2) is 9.97 Å². The molecule has 2 aromatic rings. The van der Waals surface area contributed by atoms with Gasteiger partial charge in [0.15, 0.2) is 0 Å². The largest absolute Gasteiger partial charge is 0.312 e. The topological polar surface area (TPSA) is 37.8 Å². The van der Waals surface area contributed by atoms with Gasteiger partial charge in [-0.05, 0) is 19.8 Å². The normalized spacial score (nSPS) is 18.4. The SMILES string of the molecule is Cc1ccc(-c2nc(C3CCCC3)nc3c2CNCC3)cc1. The lowest BCUT2D eigenvalue weighted by Crippen LogP contribution is -2.26. The number of fused-ring (bicyclic) bond motifs is 1. The number of aryl methyl sites for hydroxylation is 1. The van der Waals surface area contributed by atoms with Crippen LogP contribution in [0.3, 0.4) is 0 Å². The van der Waals surface area contributed by atoms with Gasteiger partial charge >= 0.3 is 0 Å². The second-order valence-electron chi connectivity index (χ2n) is 6.63. The van der Waals surface area contributed by atoms with Crippen LogP contribution < -0.4 is 5.32 Å². The summed E-state index contributed by atoms with van der Waals surface area (Å²) in [5, 5.41) is 3.47. The maximum atomic E-state index is 5.02. The molecule has 0 saturated heterocycles. The molecule has 0 bridgehead atoms. The van der Waals surface area contributed by atoms with Crippen molar-refractivity contribution in [3.63, 3.8) is 0 Å². The van der Waals surface area contributed by atoms with E-state index in [9.17, 15) is 0 Å². The van der Waals surface area contributed by atoms with Gasteiger partial charge in [0.05, 0.1) is 11.4 Å². The van der Waals surface area contributed by atoms with Gasteiger partial charge in [0.2, 0.25) is 0 Å². The second-order valence-corrected chi connectivity index (χ2v) is 6.63. The van der Waals surface area contributed by atoms with E-state index in [1.54, 1.807) is 0 Å². The minimum atomic E-state index is 0.574. The molecule has 2 aliphatic rings. The molecule has 3 heteroatoms. The zero-order valence-corrected chi connectivity index (χ0v) is 13.2. The molecule has 1 aliphatic carbocycles. The van der Waals surface area contributed by atoms with Crippen molar-refractivity contribution in [2.45, 2.75) is 51.5 Å². The average Bonchev–Trinajstić information content (AvgIpc) is 3.09. The summed E-state index contributed by atoms with van der Waals surface area (Å²) in [4.78, 5) is 9.96. The number of benzene rings is 1. The molecule has 22 heavy (non-hydrogen) atoms. The minimum absolute atomic E-state index is 0.574. The third-order valence-electron chi connectivity index (χ3n) is 5.00. The maximum absolute atomic E-state index is 5.02. The molecule has 1 N–H and O–H groups in total. The summed E-state index contributed by atoms with van der Waals surface area (Å²) in [6.07, 6.45) is 6.18. The Labute approximate surface area is 132 Å². The van der Waals surface area contributed by atoms with E-state index in [0.29, 0.717) is 5.92 Å². The van der Waals surface area contributed by atoms with Gasteiger partial charge in [-0.2, -0.15) is 0 Å². The van der Waals surface area contributed by atoms with Gasteiger partial charge in [0.1, 0.15) is 5.82 Å². The van der Waals surface area contributed by atoms with E-state index in [-0.39, 0.29) is 0 Å². The lowest BCUT2D eigenvalue weighted by molar-refractivity contribution is 0.602. The zero-order valence-electron chi connectivity index (χ0n) is 13.2. The van der Waals surface area contributed by atoms with Crippen LogP contribution in [0.2, 0.25) is 0 Å². The van der Waals surface area contributed by atoms with Crippen LogP contribution >= 0.6 is 0 Å². The van der Waals surface area contributed by atoms with E-state index in [2.05, 4.69) is 36.5 Å². The molecular weight excluding hydrogens is 270 g/mol. The highest BCUT2D eigenvalue weighted by atomic mass is 15.0. The van der Waals surface area contributed by atoms with E-state index in [4.69, 9.17) is 9.97 Å². The van der Waals surface area contributed by atoms with Gasteiger partial charge in [0, 0.05) is 36.6 Å². The highest BCUT2D eigenvalue weighted by Crippen LogP contribution is 2.35. The summed E-state index contributed by atoms with van der Waals surface area (Å²) in [6.45, 7) is 4.05. The molecule has 1 aliphatic heterocycles. The molecule has 0 radical (unpaired) electrons. The molecule has 1 aromatic carbocycles. The van der Waals surface area contributed by atoms with Crippen LogP contribution in [0.4, 0.5) is 0 Å². The fraction of sp³-hybridized carbons (Fsp3) is 0.474. The Kier molecular flexibility index (Phi) is 3.67. The minimum Gasteiger partial charge on any atom is -0.312 e. The molecule has 2 heterocycles. The Bertz CT molecular complexity index is 670. The lowest BCUT2D eigenvalue weighted by atomic mass is 9.98. The summed E-state index contributed by atoms with van der Waals surface area (Å²) in [5.74, 6) is 1.66. The van der Waals surface area contributed by atoms with Crippen molar-refractivity contribution in [2.24, 2.45) is 0 Å². The third kappa shape index (κ3) is 2.54. The molecule has 114 valence electrons. The molecule has 0 atom stereocenters. The Morgan fingerprint density at radius 2 is 1.82 bits per heavy atom. The Balaban J connectivity index is 1.83. The lowest BCUT2D eigenvalue weighted by Gasteiger charge is -2.22. The number of aromatic nitrogens is 2. The molecule has 0 spiro atoms. The fourth-order valence-corrected chi connectivity index (χ4v) is 3.68. The van der Waals surface area contributed by atoms with E-state index in [0.717, 1.165) is 31.0 Å². The standard InChI is InChI=1S/C19H23N3/c1-13-6-8-14(9-7-13)18-16-12-20-11-10-17(16)21-19(22-18)15-4-2-3-5-15/h6-9,15,20H,2-5,10-12H2,1H3. The van der Waals surface area contributed by atoms with Crippen molar-refractivity contribution in [3.05, 3.63) is 46.9 Å². The van der Waals surface area contributed by atoms with Crippen molar-refractivity contribution in [1.82, 2.24) is 15.3 Å². The number of hydrogen-bond acceptors (Lipinski definition) is 3. The average molecular weight is 293 g/mol. The summed E-state index contributed by atoms with van der Waals surface area (Å²) < 4.78 is 0. The summed E-state index contributed by atoms with van der Waals surface area (Å²) >= 11 is 0. The van der Waals surface area contributed by atoms with Crippen LogP contribution in [0, 0.1) is 6.92 Å². The molecule has 0 amide bonds. The molecule has 1 aromatic heterocycles. The second kappa shape index (κ2) is 5.81. The maximum Gasteiger partial charge on any atom is 0.132 e. The first-order valence-electron chi connectivity index (χ1n) is 8.49. The van der Waals surface area contributed by atoms with Crippen LogP contribution in [0.1, 0.15) is 54.2 Å². The molecule has 3 nitrogen and oxygen atoms in total. The highest BCUT2D eigenvalue weighted by Gasteiger charge is 2.24. The van der Waals surface area contributed by atoms with Gasteiger partial charge in [-0.1, -0.05) is 42.7 Å². The Hall–Kier alpha value is -1.74. The van der Waals surface area contributed by atoms with Crippen LogP contribution in [-0.4, -0.2) is 16.5 Å². The summed E-state index contributed by atoms with van der Waals surface area (Å²) in [5.41, 5.74) is 6.25. The van der Waals surface area contributed by atoms with E-state index < -0.39 is 0 Å². The van der Waals surface area contributed by atoms with Gasteiger partial charge in [0.25, 0.3) is 0 Å². The third-order valence-corrected chi connectivity index (χ3v) is 5.00. The molecule has 1 fully saturated rings. The van der Waals surface area contributed by atoms with Gasteiger partial charge < -0.3 is 5.32 Å². The quantitative estimate of drug-likeness (QED) is 0.916. The smallest absolute Gasteiger partial charge is 0.132 e. The van der Waals surface area contributed by atoms with E-state index >= 15 is 0 Å². The highest BCUT2D eigenvalue weighted by molar-refractivity contribution is 5.64. The Morgan fingerprint density at radius 1 is 1.05 bits per heavy atom. The van der Waals surface area contributed by atoms with Crippen LogP contribution in [0.5, 0.6) is 0 Å². The first-order valence-corrected chi connectivity index (χ1v) is 8.49. The summed E-state index contributed by atoms with van der Waals surface area (Å²) in [7, 11) is 0. The fourth-order valence-electron chi connectivity index (χ4n) is 3.68. The summed E-state index contributed by atoms with van der Waals surface area (Å²) in [6, 6.07) is 8.75. The zero-order chi connectivity index (χ0) is 14.9. The first-order chi connectivity index (χ1) is 10.8. The first kappa shape index (κ1) is 13.9. The van der Waals surface area contributed by atoms with Crippen molar-refractivity contribution in [2.75, 3.05) is 6.54 Å². The van der Waals surface area contributed by atoms with Crippen molar-refractivity contribution >= 4 is 0 Å². The number of rotatable bonds is 2. The van der Waals surface area contributed by atoms with E-state index in [1.165, 1.54) is 48.1 Å². The predicted octanol–water partition coefficient (Wildman–Crippen LogP) is 3.76. The Morgan fingerprint density at radius 3 is 2.59 bits per heavy atom. The van der Waals surface area contributed by atoms with Gasteiger partial charge in [-0.3, -0.25) is 0 Å². The van der Waals surface area contributed by atoms with E-state index in [1.807, 2.05) is 0 Å². The number of hydrogen-bond donors (Lipinski definition) is 1. The van der Waals surface area contributed by atoms with Crippen LogP contribution in [0.25, 0.3) is 11.3 Å². The predicted molar refractivity (Wildman–Crippen MR) is 88.8 cm³/mol. The van der Waals surface area contributed by atoms with Crippen molar-refractivity contribution in [1.29, 1.82) is 0 Å². The van der Waals surface area contributed by atoms with Crippen molar-refractivity contribution < 1.29 is 0 Å². The molecule has 0 unspecified atom stereocenters. The van der Waals surface area contributed by atoms with Gasteiger partial charge in [-0.15, -0.1) is 0 Å².